The maximum absolute atomic E-state index is 5.99. The van der Waals surface area contributed by atoms with E-state index >= 15 is 0 Å². The van der Waals surface area contributed by atoms with Crippen molar-refractivity contribution in [3.05, 3.63) is 29.3 Å². The molecule has 0 aliphatic carbocycles. The van der Waals surface area contributed by atoms with E-state index in [4.69, 9.17) is 5.73 Å². The van der Waals surface area contributed by atoms with E-state index in [0.717, 1.165) is 17.4 Å². The van der Waals surface area contributed by atoms with Gasteiger partial charge < -0.3 is 5.73 Å². The highest BCUT2D eigenvalue weighted by molar-refractivity contribution is 8.00. The van der Waals surface area contributed by atoms with Gasteiger partial charge in [0.2, 0.25) is 0 Å². The third kappa shape index (κ3) is 2.24. The van der Waals surface area contributed by atoms with Crippen LogP contribution in [0.25, 0.3) is 0 Å². The fourth-order valence-corrected chi connectivity index (χ4v) is 3.25. The minimum atomic E-state index is 0.806. The summed E-state index contributed by atoms with van der Waals surface area (Å²) >= 11 is 2.09. The van der Waals surface area contributed by atoms with Crippen LogP contribution in [0.3, 0.4) is 0 Å². The third-order valence-corrected chi connectivity index (χ3v) is 4.17. The van der Waals surface area contributed by atoms with Crippen LogP contribution >= 0.6 is 11.8 Å². The van der Waals surface area contributed by atoms with Crippen LogP contribution in [0.2, 0.25) is 0 Å². The lowest BCUT2D eigenvalue weighted by atomic mass is 10.0. The summed E-state index contributed by atoms with van der Waals surface area (Å²) in [6, 6.07) is 6.42. The molecule has 76 valence electrons. The average Bonchev–Trinajstić information content (AvgIpc) is 2.62. The fraction of sp³-hybridized carbons (Fsp3) is 0.500. The molecule has 0 amide bonds. The number of nitrogens with two attached hydrogens (primary N) is 1. The van der Waals surface area contributed by atoms with Gasteiger partial charge >= 0.3 is 0 Å². The Morgan fingerprint density at radius 2 is 2.36 bits per heavy atom. The van der Waals surface area contributed by atoms with E-state index in [2.05, 4.69) is 36.9 Å². The molecule has 1 atom stereocenters. The van der Waals surface area contributed by atoms with Crippen molar-refractivity contribution in [1.82, 2.24) is 0 Å². The molecule has 1 unspecified atom stereocenters. The van der Waals surface area contributed by atoms with E-state index < -0.39 is 0 Å². The first kappa shape index (κ1) is 9.91. The fourth-order valence-electron chi connectivity index (χ4n) is 1.95. The molecule has 1 nitrogen and oxygen atoms in total. The summed E-state index contributed by atoms with van der Waals surface area (Å²) < 4.78 is 0. The summed E-state index contributed by atoms with van der Waals surface area (Å²) in [5, 5.41) is 0.806. The SMILES string of the molecule is Cc1ccc(CC2CCCS2)c(N)c1. The van der Waals surface area contributed by atoms with Gasteiger partial charge in [0.15, 0.2) is 0 Å². The number of benzene rings is 1. The van der Waals surface area contributed by atoms with E-state index in [1.807, 2.05) is 0 Å². The van der Waals surface area contributed by atoms with Crippen LogP contribution in [-0.2, 0) is 6.42 Å². The molecule has 1 fully saturated rings. The Hall–Kier alpha value is -0.630. The first-order valence-corrected chi connectivity index (χ1v) is 6.27. The molecule has 0 aromatic heterocycles. The molecule has 1 aliphatic rings. The Morgan fingerprint density at radius 3 is 3.00 bits per heavy atom. The van der Waals surface area contributed by atoms with Crippen molar-refractivity contribution in [2.75, 3.05) is 11.5 Å². The van der Waals surface area contributed by atoms with Crippen molar-refractivity contribution >= 4 is 17.4 Å². The first-order chi connectivity index (χ1) is 6.75. The van der Waals surface area contributed by atoms with Crippen LogP contribution in [0.15, 0.2) is 18.2 Å². The van der Waals surface area contributed by atoms with Crippen LogP contribution in [0, 0.1) is 6.92 Å². The molecule has 14 heavy (non-hydrogen) atoms. The number of hydrogen-bond acceptors (Lipinski definition) is 2. The molecule has 2 N–H and O–H groups in total. The molecule has 1 aromatic carbocycles. The molecule has 2 heteroatoms. The molecule has 1 saturated heterocycles. The van der Waals surface area contributed by atoms with Crippen LogP contribution in [-0.4, -0.2) is 11.0 Å². The zero-order chi connectivity index (χ0) is 9.97. The minimum absolute atomic E-state index is 0.806. The molecule has 0 bridgehead atoms. The van der Waals surface area contributed by atoms with Gasteiger partial charge in [0.05, 0.1) is 0 Å². The Balaban J connectivity index is 2.08. The lowest BCUT2D eigenvalue weighted by molar-refractivity contribution is 0.778. The van der Waals surface area contributed by atoms with Crippen LogP contribution < -0.4 is 5.73 Å². The highest BCUT2D eigenvalue weighted by Crippen LogP contribution is 2.30. The molecular weight excluding hydrogens is 190 g/mol. The highest BCUT2D eigenvalue weighted by Gasteiger charge is 2.16. The summed E-state index contributed by atoms with van der Waals surface area (Å²) in [6.45, 7) is 2.09. The standard InChI is InChI=1S/C12H17NS/c1-9-4-5-10(12(13)7-9)8-11-3-2-6-14-11/h4-5,7,11H,2-3,6,8,13H2,1H3. The topological polar surface area (TPSA) is 26.0 Å². The number of aryl methyl sites for hydroxylation is 1. The van der Waals surface area contributed by atoms with E-state index in [-0.39, 0.29) is 0 Å². The lowest BCUT2D eigenvalue weighted by Crippen LogP contribution is -2.04. The number of thioether (sulfide) groups is 1. The van der Waals surface area contributed by atoms with E-state index in [1.165, 1.54) is 29.7 Å². The van der Waals surface area contributed by atoms with Crippen molar-refractivity contribution in [3.8, 4) is 0 Å². The predicted octanol–water partition coefficient (Wildman–Crippen LogP) is 3.02. The molecule has 1 aliphatic heterocycles. The minimum Gasteiger partial charge on any atom is -0.398 e. The van der Waals surface area contributed by atoms with Gasteiger partial charge in [0.1, 0.15) is 0 Å². The molecule has 0 radical (unpaired) electrons. The smallest absolute Gasteiger partial charge is 0.0349 e. The van der Waals surface area contributed by atoms with Crippen LogP contribution in [0.5, 0.6) is 0 Å². The van der Waals surface area contributed by atoms with Gasteiger partial charge in [-0.1, -0.05) is 12.1 Å². The second-order valence-corrected chi connectivity index (χ2v) is 5.45. The van der Waals surface area contributed by atoms with Crippen LogP contribution in [0.1, 0.15) is 24.0 Å². The number of anilines is 1. The van der Waals surface area contributed by atoms with E-state index in [0.29, 0.717) is 0 Å². The monoisotopic (exact) mass is 207 g/mol. The Kier molecular flexibility index (Phi) is 3.02. The van der Waals surface area contributed by atoms with Crippen molar-refractivity contribution in [1.29, 1.82) is 0 Å². The number of rotatable bonds is 2. The van der Waals surface area contributed by atoms with Crippen molar-refractivity contribution in [3.63, 3.8) is 0 Å². The summed E-state index contributed by atoms with van der Waals surface area (Å²) in [5.74, 6) is 1.33. The molecule has 1 aromatic rings. The highest BCUT2D eigenvalue weighted by atomic mass is 32.2. The lowest BCUT2D eigenvalue weighted by Gasteiger charge is -2.11. The Labute approximate surface area is 90.1 Å². The molecule has 2 rings (SSSR count). The third-order valence-electron chi connectivity index (χ3n) is 2.77. The van der Waals surface area contributed by atoms with Gasteiger partial charge in [0.25, 0.3) is 0 Å². The second-order valence-electron chi connectivity index (χ2n) is 4.04. The molecule has 0 saturated carbocycles. The largest absolute Gasteiger partial charge is 0.398 e. The quantitative estimate of drug-likeness (QED) is 0.754. The van der Waals surface area contributed by atoms with E-state index in [1.54, 1.807) is 0 Å². The van der Waals surface area contributed by atoms with Gasteiger partial charge in [-0.05, 0) is 49.1 Å². The second kappa shape index (κ2) is 4.26. The van der Waals surface area contributed by atoms with Gasteiger partial charge in [-0.2, -0.15) is 11.8 Å². The Bertz CT molecular complexity index is 316. The summed E-state index contributed by atoms with van der Waals surface area (Å²) in [7, 11) is 0. The maximum Gasteiger partial charge on any atom is 0.0349 e. The van der Waals surface area contributed by atoms with Crippen molar-refractivity contribution < 1.29 is 0 Å². The van der Waals surface area contributed by atoms with Gasteiger partial charge in [-0.25, -0.2) is 0 Å². The van der Waals surface area contributed by atoms with Crippen LogP contribution in [0.4, 0.5) is 5.69 Å². The van der Waals surface area contributed by atoms with Gasteiger partial charge in [0, 0.05) is 10.9 Å². The summed E-state index contributed by atoms with van der Waals surface area (Å²) in [4.78, 5) is 0. The average molecular weight is 207 g/mol. The van der Waals surface area contributed by atoms with Crippen molar-refractivity contribution in [2.45, 2.75) is 31.4 Å². The summed E-state index contributed by atoms with van der Waals surface area (Å²) in [6.07, 6.45) is 3.88. The Morgan fingerprint density at radius 1 is 1.50 bits per heavy atom. The molecular formula is C12H17NS. The predicted molar refractivity (Wildman–Crippen MR) is 64.8 cm³/mol. The first-order valence-electron chi connectivity index (χ1n) is 5.22. The van der Waals surface area contributed by atoms with Crippen molar-refractivity contribution in [2.24, 2.45) is 0 Å². The zero-order valence-electron chi connectivity index (χ0n) is 8.62. The summed E-state index contributed by atoms with van der Waals surface area (Å²) in [5.41, 5.74) is 9.54. The molecule has 0 spiro atoms. The molecule has 1 heterocycles. The normalized spacial score (nSPS) is 21.4. The number of hydrogen-bond donors (Lipinski definition) is 1. The zero-order valence-corrected chi connectivity index (χ0v) is 9.44. The number of nitrogen functional groups attached to an aromatic ring is 1. The van der Waals surface area contributed by atoms with Gasteiger partial charge in [-0.15, -0.1) is 0 Å². The maximum atomic E-state index is 5.99. The van der Waals surface area contributed by atoms with E-state index in [9.17, 15) is 0 Å². The van der Waals surface area contributed by atoms with Gasteiger partial charge in [-0.3, -0.25) is 0 Å².